The molecule has 21 heavy (non-hydrogen) atoms. The molecule has 0 aromatic heterocycles. The van der Waals surface area contributed by atoms with Gasteiger partial charge < -0.3 is 0 Å². The van der Waals surface area contributed by atoms with Crippen molar-refractivity contribution in [2.45, 2.75) is 4.90 Å². The normalized spacial score (nSPS) is 11.3. The minimum atomic E-state index is -3.81. The molecule has 0 bridgehead atoms. The van der Waals surface area contributed by atoms with Gasteiger partial charge in [-0.2, -0.15) is 0 Å². The summed E-state index contributed by atoms with van der Waals surface area (Å²) in [5.41, 5.74) is -0.252. The van der Waals surface area contributed by atoms with Gasteiger partial charge in [0.05, 0.1) is 22.0 Å². The van der Waals surface area contributed by atoms with Crippen molar-refractivity contribution >= 4 is 27.4 Å². The predicted octanol–water partition coefficient (Wildman–Crippen LogP) is 2.64. The van der Waals surface area contributed by atoms with E-state index in [1.54, 1.807) is 18.2 Å². The first kappa shape index (κ1) is 15.6. The van der Waals surface area contributed by atoms with Crippen LogP contribution in [0, 0.1) is 5.82 Å². The van der Waals surface area contributed by atoms with Gasteiger partial charge in [-0.25, -0.2) is 17.5 Å². The summed E-state index contributed by atoms with van der Waals surface area (Å²) in [6.07, 6.45) is 0. The van der Waals surface area contributed by atoms with Gasteiger partial charge in [-0.1, -0.05) is 35.9 Å². The molecule has 0 saturated heterocycles. The molecule has 0 atom stereocenters. The minimum Gasteiger partial charge on any atom is -0.293 e. The van der Waals surface area contributed by atoms with Gasteiger partial charge in [-0.15, -0.1) is 0 Å². The topological polar surface area (TPSA) is 63.2 Å². The maximum Gasteiger partial charge on any atom is 0.240 e. The number of sulfonamides is 1. The highest BCUT2D eigenvalue weighted by molar-refractivity contribution is 7.89. The summed E-state index contributed by atoms with van der Waals surface area (Å²) in [6, 6.07) is 11.6. The maximum atomic E-state index is 13.7. The molecule has 0 heterocycles. The van der Waals surface area contributed by atoms with Gasteiger partial charge in [0, 0.05) is 0 Å². The monoisotopic (exact) mass is 327 g/mol. The summed E-state index contributed by atoms with van der Waals surface area (Å²) in [6.45, 7) is -0.547. The molecule has 0 saturated carbocycles. The fourth-order valence-corrected chi connectivity index (χ4v) is 2.84. The van der Waals surface area contributed by atoms with E-state index in [1.165, 1.54) is 30.3 Å². The van der Waals surface area contributed by atoms with Crippen LogP contribution in [0.25, 0.3) is 0 Å². The molecule has 2 rings (SSSR count). The lowest BCUT2D eigenvalue weighted by molar-refractivity contribution is 0.0993. The van der Waals surface area contributed by atoms with Crippen LogP contribution < -0.4 is 4.72 Å². The highest BCUT2D eigenvalue weighted by Gasteiger charge is 2.18. The molecule has 0 amide bonds. The number of rotatable bonds is 5. The second-order valence-corrected chi connectivity index (χ2v) is 6.34. The van der Waals surface area contributed by atoms with E-state index in [4.69, 9.17) is 11.6 Å². The summed E-state index contributed by atoms with van der Waals surface area (Å²) >= 11 is 5.58. The first-order valence-corrected chi connectivity index (χ1v) is 7.80. The largest absolute Gasteiger partial charge is 0.293 e. The number of halogens is 2. The third-order valence-corrected chi connectivity index (χ3v) is 4.44. The van der Waals surface area contributed by atoms with E-state index in [9.17, 15) is 17.6 Å². The first-order valence-electron chi connectivity index (χ1n) is 5.94. The summed E-state index contributed by atoms with van der Waals surface area (Å²) < 4.78 is 39.7. The van der Waals surface area contributed by atoms with E-state index in [1.807, 2.05) is 0 Å². The van der Waals surface area contributed by atoms with Crippen LogP contribution in [0.5, 0.6) is 0 Å². The Balaban J connectivity index is 2.13. The molecule has 7 heteroatoms. The van der Waals surface area contributed by atoms with Gasteiger partial charge in [-0.05, 0) is 24.3 Å². The van der Waals surface area contributed by atoms with Gasteiger partial charge >= 0.3 is 0 Å². The van der Waals surface area contributed by atoms with Crippen molar-refractivity contribution < 1.29 is 17.6 Å². The van der Waals surface area contributed by atoms with Crippen LogP contribution in [0.15, 0.2) is 53.4 Å². The van der Waals surface area contributed by atoms with Crippen LogP contribution in [-0.4, -0.2) is 20.7 Å². The molecule has 0 aliphatic carbocycles. The lowest BCUT2D eigenvalue weighted by Gasteiger charge is -2.07. The van der Waals surface area contributed by atoms with Crippen LogP contribution in [0.2, 0.25) is 5.02 Å². The molecule has 0 aliphatic heterocycles. The fourth-order valence-electron chi connectivity index (χ4n) is 1.66. The molecule has 2 aromatic carbocycles. The maximum absolute atomic E-state index is 13.7. The van der Waals surface area contributed by atoms with Crippen LogP contribution in [0.3, 0.4) is 0 Å². The zero-order chi connectivity index (χ0) is 15.5. The van der Waals surface area contributed by atoms with Crippen LogP contribution in [0.1, 0.15) is 10.4 Å². The second kappa shape index (κ2) is 6.34. The molecule has 0 spiro atoms. The van der Waals surface area contributed by atoms with Crippen molar-refractivity contribution in [2.75, 3.05) is 6.54 Å². The number of carbonyl (C=O) groups is 1. The Morgan fingerprint density at radius 2 is 1.76 bits per heavy atom. The Hall–Kier alpha value is -1.76. The lowest BCUT2D eigenvalue weighted by Crippen LogP contribution is -2.30. The van der Waals surface area contributed by atoms with Gasteiger partial charge in [0.2, 0.25) is 10.0 Å². The molecular weight excluding hydrogens is 317 g/mol. The molecule has 110 valence electrons. The average Bonchev–Trinajstić information content (AvgIpc) is 2.49. The third-order valence-electron chi connectivity index (χ3n) is 2.73. The molecule has 1 N–H and O–H groups in total. The van der Waals surface area contributed by atoms with Gasteiger partial charge in [0.15, 0.2) is 11.6 Å². The summed E-state index contributed by atoms with van der Waals surface area (Å²) in [7, 11) is -3.81. The third kappa shape index (κ3) is 3.66. The molecule has 0 radical (unpaired) electrons. The second-order valence-electron chi connectivity index (χ2n) is 4.16. The summed E-state index contributed by atoms with van der Waals surface area (Å²) in [5.74, 6) is -1.56. The van der Waals surface area contributed by atoms with E-state index in [2.05, 4.69) is 4.72 Å². The van der Waals surface area contributed by atoms with E-state index >= 15 is 0 Å². The Morgan fingerprint density at radius 1 is 1.10 bits per heavy atom. The van der Waals surface area contributed by atoms with Crippen LogP contribution in [-0.2, 0) is 10.0 Å². The molecular formula is C14H11ClFNO3S. The zero-order valence-electron chi connectivity index (χ0n) is 10.7. The number of hydrogen-bond donors (Lipinski definition) is 1. The zero-order valence-corrected chi connectivity index (χ0v) is 12.3. The number of carbonyl (C=O) groups excluding carboxylic acids is 1. The Labute approximate surface area is 126 Å². The summed E-state index contributed by atoms with van der Waals surface area (Å²) in [4.78, 5) is 11.9. The van der Waals surface area contributed by atoms with E-state index in [0.717, 1.165) is 0 Å². The molecule has 4 nitrogen and oxygen atoms in total. The van der Waals surface area contributed by atoms with Crippen LogP contribution in [0.4, 0.5) is 4.39 Å². The predicted molar refractivity (Wildman–Crippen MR) is 77.4 cm³/mol. The quantitative estimate of drug-likeness (QED) is 0.859. The number of hydrogen-bond acceptors (Lipinski definition) is 3. The number of benzene rings is 2. The summed E-state index contributed by atoms with van der Waals surface area (Å²) in [5, 5.41) is -0.188. The SMILES string of the molecule is O=C(CNS(=O)(=O)c1ccccc1)c1cccc(Cl)c1F. The standard InChI is InChI=1S/C14H11ClFNO3S/c15-12-8-4-7-11(14(12)16)13(18)9-17-21(19,20)10-5-2-1-3-6-10/h1-8,17H,9H2. The van der Waals surface area contributed by atoms with E-state index < -0.39 is 28.2 Å². The molecule has 0 unspecified atom stereocenters. The molecule has 0 fully saturated rings. The number of ketones is 1. The highest BCUT2D eigenvalue weighted by atomic mass is 35.5. The Bertz CT molecular complexity index is 763. The highest BCUT2D eigenvalue weighted by Crippen LogP contribution is 2.18. The first-order chi connectivity index (χ1) is 9.92. The number of Topliss-reactive ketones (excluding diaryl/α,β-unsaturated/α-hetero) is 1. The van der Waals surface area contributed by atoms with Crippen molar-refractivity contribution in [1.82, 2.24) is 4.72 Å². The molecule has 2 aromatic rings. The fraction of sp³-hybridized carbons (Fsp3) is 0.0714. The van der Waals surface area contributed by atoms with Gasteiger partial charge in [0.1, 0.15) is 0 Å². The van der Waals surface area contributed by atoms with Gasteiger partial charge in [-0.3, -0.25) is 4.79 Å². The van der Waals surface area contributed by atoms with E-state index in [0.29, 0.717) is 0 Å². The van der Waals surface area contributed by atoms with Crippen molar-refractivity contribution in [3.05, 3.63) is 64.9 Å². The average molecular weight is 328 g/mol. The van der Waals surface area contributed by atoms with Crippen molar-refractivity contribution in [3.63, 3.8) is 0 Å². The Kier molecular flexibility index (Phi) is 4.72. The van der Waals surface area contributed by atoms with Crippen LogP contribution >= 0.6 is 11.6 Å². The van der Waals surface area contributed by atoms with Gasteiger partial charge in [0.25, 0.3) is 0 Å². The molecule has 0 aliphatic rings. The van der Waals surface area contributed by atoms with E-state index in [-0.39, 0.29) is 15.5 Å². The smallest absolute Gasteiger partial charge is 0.240 e. The minimum absolute atomic E-state index is 0.0318. The number of nitrogens with one attached hydrogen (secondary N) is 1. The van der Waals surface area contributed by atoms with Crippen molar-refractivity contribution in [3.8, 4) is 0 Å². The van der Waals surface area contributed by atoms with Crippen molar-refractivity contribution in [2.24, 2.45) is 0 Å². The van der Waals surface area contributed by atoms with Crippen molar-refractivity contribution in [1.29, 1.82) is 0 Å². The Morgan fingerprint density at radius 3 is 2.43 bits per heavy atom. The lowest BCUT2D eigenvalue weighted by atomic mass is 10.1.